The third kappa shape index (κ3) is 2.95. The molecule has 0 aromatic heterocycles. The Balaban J connectivity index is 1.66. The van der Waals surface area contributed by atoms with E-state index >= 15 is 0 Å². The molecule has 1 aromatic rings. The standard InChI is InChI=1S/C19H24N2O5S/c1-19-8-7-14-13-6-4-12(26-27(20,24)25)9-11(13)3-5-15(14)16(19)10-17(22)21(2)18(19)23/h4,6,9,14-16H,3,5,7-8,10H2,1-2H3,(H2,20,24,25)/t14?,15?,16?,19-/m0/s1. The Morgan fingerprint density at radius 1 is 1.26 bits per heavy atom. The zero-order chi connectivity index (χ0) is 19.6. The fourth-order valence-electron chi connectivity index (χ4n) is 5.53. The summed E-state index contributed by atoms with van der Waals surface area (Å²) in [5, 5.41) is 4.96. The first-order valence-electron chi connectivity index (χ1n) is 9.26. The van der Waals surface area contributed by atoms with E-state index in [4.69, 9.17) is 9.32 Å². The summed E-state index contributed by atoms with van der Waals surface area (Å²) in [4.78, 5) is 26.4. The van der Waals surface area contributed by atoms with Gasteiger partial charge in [-0.1, -0.05) is 13.0 Å². The van der Waals surface area contributed by atoms with Crippen LogP contribution in [-0.2, 0) is 26.3 Å². The Kier molecular flexibility index (Phi) is 4.12. The van der Waals surface area contributed by atoms with Crippen LogP contribution in [0.1, 0.15) is 49.7 Å². The van der Waals surface area contributed by atoms with Crippen molar-refractivity contribution in [2.75, 3.05) is 7.05 Å². The number of carbonyl (C=O) groups excluding carboxylic acids is 2. The van der Waals surface area contributed by atoms with Gasteiger partial charge in [0.15, 0.2) is 0 Å². The molecule has 0 bridgehead atoms. The molecule has 8 heteroatoms. The van der Waals surface area contributed by atoms with Gasteiger partial charge in [-0.05, 0) is 66.7 Å². The Morgan fingerprint density at radius 3 is 2.70 bits per heavy atom. The summed E-state index contributed by atoms with van der Waals surface area (Å²) in [6, 6.07) is 5.28. The van der Waals surface area contributed by atoms with E-state index in [1.165, 1.54) is 10.5 Å². The fraction of sp³-hybridized carbons (Fsp3) is 0.579. The van der Waals surface area contributed by atoms with Crippen LogP contribution in [0.3, 0.4) is 0 Å². The smallest absolute Gasteiger partial charge is 0.371 e. The molecule has 0 radical (unpaired) electrons. The lowest BCUT2D eigenvalue weighted by Crippen LogP contribution is -2.58. The maximum atomic E-state index is 12.8. The molecule has 4 atom stereocenters. The summed E-state index contributed by atoms with van der Waals surface area (Å²) >= 11 is 0. The molecule has 2 N–H and O–H groups in total. The fourth-order valence-corrected chi connectivity index (χ4v) is 5.90. The second-order valence-corrected chi connectivity index (χ2v) is 9.42. The van der Waals surface area contributed by atoms with Gasteiger partial charge in [-0.3, -0.25) is 14.5 Å². The van der Waals surface area contributed by atoms with Crippen molar-refractivity contribution in [3.05, 3.63) is 29.3 Å². The maximum absolute atomic E-state index is 12.8. The second-order valence-electron chi connectivity index (χ2n) is 8.27. The molecule has 2 amide bonds. The first-order valence-corrected chi connectivity index (χ1v) is 10.7. The average Bonchev–Trinajstić information content (AvgIpc) is 2.59. The summed E-state index contributed by atoms with van der Waals surface area (Å²) in [6.45, 7) is 2.01. The van der Waals surface area contributed by atoms with E-state index in [1.54, 1.807) is 19.2 Å². The lowest BCUT2D eigenvalue weighted by Gasteiger charge is -2.54. The van der Waals surface area contributed by atoms with Gasteiger partial charge in [0, 0.05) is 13.5 Å². The molecule has 1 heterocycles. The van der Waals surface area contributed by atoms with Gasteiger partial charge in [0.25, 0.3) is 0 Å². The number of benzene rings is 1. The number of imide groups is 1. The summed E-state index contributed by atoms with van der Waals surface area (Å²) < 4.78 is 27.1. The molecule has 4 rings (SSSR count). The lowest BCUT2D eigenvalue weighted by atomic mass is 9.52. The molecule has 1 aromatic carbocycles. The van der Waals surface area contributed by atoms with Gasteiger partial charge in [-0.15, -0.1) is 0 Å². The van der Waals surface area contributed by atoms with Crippen LogP contribution in [0, 0.1) is 17.3 Å². The molecule has 1 saturated carbocycles. The van der Waals surface area contributed by atoms with Crippen LogP contribution in [0.15, 0.2) is 18.2 Å². The van der Waals surface area contributed by atoms with Crippen molar-refractivity contribution in [1.29, 1.82) is 0 Å². The van der Waals surface area contributed by atoms with Crippen LogP contribution < -0.4 is 9.32 Å². The number of carbonyl (C=O) groups is 2. The molecule has 7 nitrogen and oxygen atoms in total. The molecule has 0 spiro atoms. The van der Waals surface area contributed by atoms with Crippen molar-refractivity contribution in [1.82, 2.24) is 4.90 Å². The van der Waals surface area contributed by atoms with Crippen LogP contribution >= 0.6 is 0 Å². The van der Waals surface area contributed by atoms with E-state index < -0.39 is 15.7 Å². The molecular weight excluding hydrogens is 368 g/mol. The highest BCUT2D eigenvalue weighted by molar-refractivity contribution is 7.84. The van der Waals surface area contributed by atoms with Crippen LogP contribution in [0.2, 0.25) is 0 Å². The van der Waals surface area contributed by atoms with E-state index in [1.807, 2.05) is 13.0 Å². The Labute approximate surface area is 159 Å². The van der Waals surface area contributed by atoms with Gasteiger partial charge in [0.05, 0.1) is 5.41 Å². The molecule has 27 heavy (non-hydrogen) atoms. The van der Waals surface area contributed by atoms with Gasteiger partial charge in [-0.2, -0.15) is 13.6 Å². The van der Waals surface area contributed by atoms with E-state index in [0.717, 1.165) is 31.2 Å². The SMILES string of the molecule is CN1C(=O)CC2C3CCc4cc(OS(N)(=O)=O)ccc4C3CC[C@]2(C)C1=O. The van der Waals surface area contributed by atoms with Gasteiger partial charge < -0.3 is 4.18 Å². The number of nitrogens with zero attached hydrogens (tertiary/aromatic N) is 1. The summed E-state index contributed by atoms with van der Waals surface area (Å²) in [6.07, 6.45) is 3.70. The first kappa shape index (κ1) is 18.4. The van der Waals surface area contributed by atoms with Crippen LogP contribution in [0.25, 0.3) is 0 Å². The third-order valence-corrected chi connectivity index (χ3v) is 7.29. The van der Waals surface area contributed by atoms with Crippen molar-refractivity contribution in [3.63, 3.8) is 0 Å². The van der Waals surface area contributed by atoms with Gasteiger partial charge in [0.1, 0.15) is 5.75 Å². The van der Waals surface area contributed by atoms with Gasteiger partial charge >= 0.3 is 10.3 Å². The Bertz CT molecular complexity index is 928. The first-order chi connectivity index (χ1) is 12.6. The highest BCUT2D eigenvalue weighted by Gasteiger charge is 2.56. The van der Waals surface area contributed by atoms with Gasteiger partial charge in [-0.25, -0.2) is 0 Å². The third-order valence-electron chi connectivity index (χ3n) is 6.86. The summed E-state index contributed by atoms with van der Waals surface area (Å²) in [5.74, 6) is 0.693. The predicted octanol–water partition coefficient (Wildman–Crippen LogP) is 1.72. The predicted molar refractivity (Wildman–Crippen MR) is 98.0 cm³/mol. The summed E-state index contributed by atoms with van der Waals surface area (Å²) in [5.41, 5.74) is 1.76. The number of likely N-dealkylation sites (tertiary alicyclic amines) is 1. The minimum absolute atomic E-state index is 0.0510. The number of hydrogen-bond donors (Lipinski definition) is 1. The van der Waals surface area contributed by atoms with Crippen molar-refractivity contribution >= 4 is 22.1 Å². The largest absolute Gasteiger partial charge is 0.380 e. The van der Waals surface area contributed by atoms with Crippen molar-refractivity contribution < 1.29 is 22.2 Å². The van der Waals surface area contributed by atoms with Crippen LogP contribution in [0.5, 0.6) is 5.75 Å². The number of fused-ring (bicyclic) bond motifs is 5. The molecule has 3 aliphatic rings. The van der Waals surface area contributed by atoms with Crippen LogP contribution in [-0.4, -0.2) is 32.2 Å². The highest BCUT2D eigenvalue weighted by atomic mass is 32.2. The van der Waals surface area contributed by atoms with E-state index in [2.05, 4.69) is 0 Å². The van der Waals surface area contributed by atoms with E-state index in [0.29, 0.717) is 6.42 Å². The monoisotopic (exact) mass is 392 g/mol. The minimum atomic E-state index is -4.05. The summed E-state index contributed by atoms with van der Waals surface area (Å²) in [7, 11) is -2.46. The highest BCUT2D eigenvalue weighted by Crippen LogP contribution is 2.57. The zero-order valence-corrected chi connectivity index (χ0v) is 16.3. The zero-order valence-electron chi connectivity index (χ0n) is 15.5. The Morgan fingerprint density at radius 2 is 2.00 bits per heavy atom. The number of piperidine rings is 1. The maximum Gasteiger partial charge on any atom is 0.380 e. The quantitative estimate of drug-likeness (QED) is 0.771. The number of hydrogen-bond acceptors (Lipinski definition) is 5. The van der Waals surface area contributed by atoms with Crippen molar-refractivity contribution in [3.8, 4) is 5.75 Å². The molecule has 3 unspecified atom stereocenters. The number of nitrogens with two attached hydrogens (primary N) is 1. The van der Waals surface area contributed by atoms with Crippen LogP contribution in [0.4, 0.5) is 0 Å². The normalized spacial score (nSPS) is 33.1. The average molecular weight is 392 g/mol. The molecule has 2 fully saturated rings. The Hall–Kier alpha value is -1.93. The van der Waals surface area contributed by atoms with E-state index in [-0.39, 0.29) is 35.3 Å². The lowest BCUT2D eigenvalue weighted by molar-refractivity contribution is -0.165. The molecule has 1 saturated heterocycles. The minimum Gasteiger partial charge on any atom is -0.371 e. The van der Waals surface area contributed by atoms with Crippen molar-refractivity contribution in [2.24, 2.45) is 22.4 Å². The topological polar surface area (TPSA) is 107 Å². The molecule has 1 aliphatic heterocycles. The number of aryl methyl sites for hydroxylation is 1. The number of amides is 2. The number of rotatable bonds is 2. The molecular formula is C19H24N2O5S. The molecule has 146 valence electrons. The van der Waals surface area contributed by atoms with E-state index in [9.17, 15) is 18.0 Å². The second kappa shape index (κ2) is 6.04. The van der Waals surface area contributed by atoms with Crippen molar-refractivity contribution in [2.45, 2.75) is 44.9 Å². The molecule has 2 aliphatic carbocycles. The van der Waals surface area contributed by atoms with Gasteiger partial charge in [0.2, 0.25) is 11.8 Å².